The maximum Gasteiger partial charge on any atom is 0.470 e. The van der Waals surface area contributed by atoms with Gasteiger partial charge in [-0.15, -0.1) is 0 Å². The van der Waals surface area contributed by atoms with E-state index >= 15 is 0 Å². The SMILES string of the molecule is C=C(C)C(=O)OCC(COc1ccc(C(C)(C)c2ccc(OCC(COC(=O)C(=C)C)OP(=O)(O)O)cc2)cc1)OP(=O)(O)O. The highest BCUT2D eigenvalue weighted by Gasteiger charge is 2.27. The Hall–Kier alpha value is -3.32. The predicted molar refractivity (Wildman–Crippen MR) is 161 cm³/mol. The van der Waals surface area contributed by atoms with Crippen LogP contribution >= 0.6 is 15.6 Å². The lowest BCUT2D eigenvalue weighted by Crippen LogP contribution is -2.28. The van der Waals surface area contributed by atoms with Crippen molar-refractivity contribution in [3.8, 4) is 11.5 Å². The van der Waals surface area contributed by atoms with E-state index in [1.54, 1.807) is 24.3 Å². The Morgan fingerprint density at radius 2 is 0.978 bits per heavy atom. The molecule has 0 aliphatic carbocycles. The first-order valence-corrected chi connectivity index (χ1v) is 16.4. The molecule has 0 fully saturated rings. The fraction of sp³-hybridized carbons (Fsp3) is 0.379. The average Bonchev–Trinajstić information content (AvgIpc) is 2.94. The number of phosphoric ester groups is 2. The van der Waals surface area contributed by atoms with Crippen LogP contribution < -0.4 is 9.47 Å². The molecule has 0 heterocycles. The third kappa shape index (κ3) is 13.7. The van der Waals surface area contributed by atoms with Crippen LogP contribution in [0.15, 0.2) is 72.8 Å². The molecular formula is C29H38O14P2. The van der Waals surface area contributed by atoms with Crippen LogP contribution in [0.2, 0.25) is 0 Å². The van der Waals surface area contributed by atoms with Crippen molar-refractivity contribution in [2.75, 3.05) is 26.4 Å². The van der Waals surface area contributed by atoms with E-state index in [0.29, 0.717) is 11.5 Å². The van der Waals surface area contributed by atoms with Crippen LogP contribution in [0, 0.1) is 0 Å². The fourth-order valence-corrected chi connectivity index (χ4v) is 4.69. The van der Waals surface area contributed by atoms with Crippen LogP contribution in [-0.4, -0.2) is 70.1 Å². The lowest BCUT2D eigenvalue weighted by molar-refractivity contribution is -0.142. The number of hydrogen-bond donors (Lipinski definition) is 4. The number of benzene rings is 2. The topological polar surface area (TPSA) is 205 Å². The van der Waals surface area contributed by atoms with Gasteiger partial charge in [-0.05, 0) is 49.2 Å². The summed E-state index contributed by atoms with van der Waals surface area (Å²) >= 11 is 0. The number of rotatable bonds is 18. The molecule has 2 aromatic rings. The third-order valence-electron chi connectivity index (χ3n) is 6.09. The van der Waals surface area contributed by atoms with Gasteiger partial charge in [0.1, 0.15) is 50.1 Å². The first-order chi connectivity index (χ1) is 20.8. The van der Waals surface area contributed by atoms with Crippen molar-refractivity contribution >= 4 is 27.6 Å². The minimum Gasteiger partial charge on any atom is -0.491 e. The summed E-state index contributed by atoms with van der Waals surface area (Å²) in [5.41, 5.74) is 1.54. The Labute approximate surface area is 261 Å². The van der Waals surface area contributed by atoms with Gasteiger partial charge in [-0.25, -0.2) is 18.7 Å². The highest BCUT2D eigenvalue weighted by atomic mass is 31.2. The zero-order valence-corrected chi connectivity index (χ0v) is 27.1. The van der Waals surface area contributed by atoms with Crippen molar-refractivity contribution in [1.82, 2.24) is 0 Å². The molecular weight excluding hydrogens is 634 g/mol. The van der Waals surface area contributed by atoms with Gasteiger partial charge in [0.15, 0.2) is 0 Å². The highest BCUT2D eigenvalue weighted by molar-refractivity contribution is 7.46. The largest absolute Gasteiger partial charge is 0.491 e. The zero-order valence-electron chi connectivity index (χ0n) is 25.3. The van der Waals surface area contributed by atoms with Gasteiger partial charge in [-0.1, -0.05) is 51.3 Å². The van der Waals surface area contributed by atoms with Crippen LogP contribution in [0.1, 0.15) is 38.8 Å². The molecule has 45 heavy (non-hydrogen) atoms. The molecule has 248 valence electrons. The molecule has 0 bridgehead atoms. The van der Waals surface area contributed by atoms with E-state index in [1.807, 2.05) is 38.1 Å². The van der Waals surface area contributed by atoms with Gasteiger partial charge in [-0.2, -0.15) is 0 Å². The summed E-state index contributed by atoms with van der Waals surface area (Å²) in [6.07, 6.45) is -2.48. The van der Waals surface area contributed by atoms with E-state index in [1.165, 1.54) is 13.8 Å². The average molecular weight is 673 g/mol. The van der Waals surface area contributed by atoms with Crippen LogP contribution in [-0.2, 0) is 42.7 Å². The summed E-state index contributed by atoms with van der Waals surface area (Å²) in [4.78, 5) is 60.0. The van der Waals surface area contributed by atoms with Crippen LogP contribution in [0.5, 0.6) is 11.5 Å². The molecule has 2 aromatic carbocycles. The van der Waals surface area contributed by atoms with Crippen LogP contribution in [0.3, 0.4) is 0 Å². The second kappa shape index (κ2) is 16.3. The molecule has 14 nitrogen and oxygen atoms in total. The van der Waals surface area contributed by atoms with Gasteiger partial charge < -0.3 is 38.5 Å². The first kappa shape index (κ1) is 37.9. The summed E-state index contributed by atoms with van der Waals surface area (Å²) < 4.78 is 53.1. The molecule has 0 aliphatic rings. The second-order valence-electron chi connectivity index (χ2n) is 10.5. The van der Waals surface area contributed by atoms with Crippen molar-refractivity contribution < 1.29 is 66.3 Å². The normalized spacial score (nSPS) is 13.3. The Morgan fingerprint density at radius 3 is 1.24 bits per heavy atom. The summed E-state index contributed by atoms with van der Waals surface area (Å²) in [7, 11) is -9.77. The van der Waals surface area contributed by atoms with E-state index in [-0.39, 0.29) is 24.4 Å². The molecule has 2 unspecified atom stereocenters. The fourth-order valence-electron chi connectivity index (χ4n) is 3.67. The highest BCUT2D eigenvalue weighted by Crippen LogP contribution is 2.39. The van der Waals surface area contributed by atoms with Gasteiger partial charge >= 0.3 is 27.6 Å². The van der Waals surface area contributed by atoms with Crippen molar-refractivity contribution in [1.29, 1.82) is 0 Å². The molecule has 0 saturated carbocycles. The molecule has 0 aliphatic heterocycles. The first-order valence-electron chi connectivity index (χ1n) is 13.4. The number of carbonyl (C=O) groups is 2. The summed E-state index contributed by atoms with van der Waals surface area (Å²) in [6, 6.07) is 13.9. The van der Waals surface area contributed by atoms with Crippen molar-refractivity contribution in [2.45, 2.75) is 45.3 Å². The van der Waals surface area contributed by atoms with Crippen molar-refractivity contribution in [3.63, 3.8) is 0 Å². The van der Waals surface area contributed by atoms with Gasteiger partial charge in [0.25, 0.3) is 0 Å². The Bertz CT molecular complexity index is 1320. The minimum absolute atomic E-state index is 0.117. The maximum absolute atomic E-state index is 11.7. The zero-order chi connectivity index (χ0) is 34.0. The predicted octanol–water partition coefficient (Wildman–Crippen LogP) is 3.96. The Kier molecular flexibility index (Phi) is 13.7. The summed E-state index contributed by atoms with van der Waals surface area (Å²) in [6.45, 7) is 12.2. The number of carbonyl (C=O) groups excluding carboxylic acids is 2. The van der Waals surface area contributed by atoms with Crippen LogP contribution in [0.4, 0.5) is 0 Å². The van der Waals surface area contributed by atoms with Crippen molar-refractivity contribution in [3.05, 3.63) is 84.0 Å². The van der Waals surface area contributed by atoms with E-state index < -0.39 is 58.4 Å². The molecule has 2 atom stereocenters. The molecule has 0 radical (unpaired) electrons. The number of phosphoric acid groups is 2. The second-order valence-corrected chi connectivity index (χ2v) is 12.9. The standard InChI is InChI=1S/C29H38O14P2/c1-19(2)27(30)40-17-25(42-44(32,33)34)15-38-23-11-7-21(8-12-23)29(5,6)22-9-13-24(14-10-22)39-16-26(43-45(35,36)37)18-41-28(31)20(3)4/h7-14,25-26H,1,3,15-18H2,2,4-6H3,(H2,32,33,34)(H2,35,36,37). The number of esters is 2. The monoisotopic (exact) mass is 672 g/mol. The van der Waals surface area contributed by atoms with Gasteiger partial charge in [0, 0.05) is 16.6 Å². The molecule has 0 aromatic heterocycles. The number of hydrogen-bond acceptors (Lipinski definition) is 10. The lowest BCUT2D eigenvalue weighted by Gasteiger charge is -2.27. The lowest BCUT2D eigenvalue weighted by atomic mass is 9.78. The summed E-state index contributed by atoms with van der Waals surface area (Å²) in [5.74, 6) is -0.713. The van der Waals surface area contributed by atoms with E-state index in [2.05, 4.69) is 22.2 Å². The Morgan fingerprint density at radius 1 is 0.667 bits per heavy atom. The molecule has 0 spiro atoms. The smallest absolute Gasteiger partial charge is 0.470 e. The quantitative estimate of drug-likeness (QED) is 0.101. The van der Waals surface area contributed by atoms with E-state index in [4.69, 9.17) is 18.9 Å². The molecule has 2 rings (SSSR count). The van der Waals surface area contributed by atoms with E-state index in [9.17, 15) is 38.3 Å². The van der Waals surface area contributed by atoms with Crippen molar-refractivity contribution in [2.24, 2.45) is 0 Å². The van der Waals surface area contributed by atoms with E-state index in [0.717, 1.165) is 11.1 Å². The minimum atomic E-state index is -4.88. The third-order valence-corrected chi connectivity index (χ3v) is 7.24. The molecule has 4 N–H and O–H groups in total. The number of ether oxygens (including phenoxy) is 4. The van der Waals surface area contributed by atoms with Gasteiger partial charge in [-0.3, -0.25) is 9.05 Å². The van der Waals surface area contributed by atoms with Crippen LogP contribution in [0.25, 0.3) is 0 Å². The van der Waals surface area contributed by atoms with Gasteiger partial charge in [0.2, 0.25) is 0 Å². The molecule has 16 heteroatoms. The summed E-state index contributed by atoms with van der Waals surface area (Å²) in [5, 5.41) is 0. The molecule has 0 amide bonds. The Balaban J connectivity index is 2.04. The van der Waals surface area contributed by atoms with Gasteiger partial charge in [0.05, 0.1) is 0 Å². The maximum atomic E-state index is 11.7. The molecule has 0 saturated heterocycles.